The standard InChI is InChI=1S/C15H10BrN3O3/c16-13-6-3-11(9-14(13)19(21)22)15(20)18-12-4-1-10(2-5-12)7-8-17/h1-6,9H,7H2,(H,18,20). The molecule has 0 spiro atoms. The number of nitro benzene ring substituents is 1. The average Bonchev–Trinajstić information content (AvgIpc) is 2.49. The molecule has 0 aliphatic rings. The van der Waals surface area contributed by atoms with Gasteiger partial charge in [0.05, 0.1) is 21.9 Å². The fourth-order valence-corrected chi connectivity index (χ4v) is 2.19. The second-order valence-electron chi connectivity index (χ2n) is 4.41. The first-order valence-corrected chi connectivity index (χ1v) is 7.01. The Morgan fingerprint density at radius 1 is 1.27 bits per heavy atom. The highest BCUT2D eigenvalue weighted by Gasteiger charge is 2.16. The van der Waals surface area contributed by atoms with E-state index in [1.165, 1.54) is 18.2 Å². The number of carbonyl (C=O) groups excluding carboxylic acids is 1. The fourth-order valence-electron chi connectivity index (χ4n) is 1.79. The smallest absolute Gasteiger partial charge is 0.284 e. The SMILES string of the molecule is N#CCc1ccc(NC(=O)c2ccc(Br)c([N+](=O)[O-])c2)cc1. The Bertz CT molecular complexity index is 767. The summed E-state index contributed by atoms with van der Waals surface area (Å²) in [5.41, 5.74) is 1.42. The van der Waals surface area contributed by atoms with Crippen molar-refractivity contribution in [3.8, 4) is 6.07 Å². The molecule has 0 radical (unpaired) electrons. The molecule has 0 atom stereocenters. The van der Waals surface area contributed by atoms with Gasteiger partial charge in [-0.2, -0.15) is 5.26 Å². The van der Waals surface area contributed by atoms with E-state index in [0.717, 1.165) is 5.56 Å². The Labute approximate surface area is 134 Å². The molecule has 0 fully saturated rings. The Kier molecular flexibility index (Phi) is 4.86. The predicted octanol–water partition coefficient (Wildman–Crippen LogP) is 3.68. The van der Waals surface area contributed by atoms with Crippen LogP contribution in [0.15, 0.2) is 46.9 Å². The molecule has 1 N–H and O–H groups in total. The number of hydrogen-bond donors (Lipinski definition) is 1. The summed E-state index contributed by atoms with van der Waals surface area (Å²) < 4.78 is 0.315. The summed E-state index contributed by atoms with van der Waals surface area (Å²) in [6, 6.07) is 13.0. The number of nitriles is 1. The number of hydrogen-bond acceptors (Lipinski definition) is 4. The second kappa shape index (κ2) is 6.83. The molecule has 6 nitrogen and oxygen atoms in total. The van der Waals surface area contributed by atoms with Crippen molar-refractivity contribution in [2.24, 2.45) is 0 Å². The molecule has 2 aromatic carbocycles. The van der Waals surface area contributed by atoms with E-state index in [0.29, 0.717) is 16.6 Å². The highest BCUT2D eigenvalue weighted by atomic mass is 79.9. The van der Waals surface area contributed by atoms with Gasteiger partial charge in [-0.25, -0.2) is 0 Å². The molecular formula is C15H10BrN3O3. The molecule has 2 aromatic rings. The normalized spacial score (nSPS) is 9.82. The number of halogens is 1. The quantitative estimate of drug-likeness (QED) is 0.665. The Balaban J connectivity index is 2.17. The van der Waals surface area contributed by atoms with Crippen LogP contribution in [0.4, 0.5) is 11.4 Å². The second-order valence-corrected chi connectivity index (χ2v) is 5.26. The molecule has 2 rings (SSSR count). The lowest BCUT2D eigenvalue weighted by Gasteiger charge is -2.06. The van der Waals surface area contributed by atoms with Crippen molar-refractivity contribution in [2.45, 2.75) is 6.42 Å². The van der Waals surface area contributed by atoms with E-state index in [1.54, 1.807) is 24.3 Å². The van der Waals surface area contributed by atoms with Crippen LogP contribution in [0, 0.1) is 21.4 Å². The molecule has 0 saturated heterocycles. The van der Waals surface area contributed by atoms with Crippen LogP contribution in [-0.4, -0.2) is 10.8 Å². The zero-order valence-corrected chi connectivity index (χ0v) is 12.8. The lowest BCUT2D eigenvalue weighted by molar-refractivity contribution is -0.385. The minimum absolute atomic E-state index is 0.169. The third-order valence-electron chi connectivity index (χ3n) is 2.90. The monoisotopic (exact) mass is 359 g/mol. The van der Waals surface area contributed by atoms with Gasteiger partial charge in [0.2, 0.25) is 0 Å². The van der Waals surface area contributed by atoms with E-state index in [-0.39, 0.29) is 11.3 Å². The average molecular weight is 360 g/mol. The van der Waals surface area contributed by atoms with Gasteiger partial charge in [-0.1, -0.05) is 12.1 Å². The number of nitrogens with one attached hydrogen (secondary N) is 1. The first-order valence-electron chi connectivity index (χ1n) is 6.22. The van der Waals surface area contributed by atoms with Crippen molar-refractivity contribution in [3.05, 3.63) is 68.2 Å². The Hall–Kier alpha value is -2.72. The first kappa shape index (κ1) is 15.7. The Morgan fingerprint density at radius 3 is 2.55 bits per heavy atom. The van der Waals surface area contributed by atoms with E-state index >= 15 is 0 Å². The zero-order chi connectivity index (χ0) is 16.1. The van der Waals surface area contributed by atoms with E-state index in [4.69, 9.17) is 5.26 Å². The van der Waals surface area contributed by atoms with Gasteiger partial charge >= 0.3 is 0 Å². The van der Waals surface area contributed by atoms with Crippen LogP contribution in [0.3, 0.4) is 0 Å². The minimum atomic E-state index is -0.558. The van der Waals surface area contributed by atoms with Crippen molar-refractivity contribution in [1.29, 1.82) is 5.26 Å². The topological polar surface area (TPSA) is 96.0 Å². The van der Waals surface area contributed by atoms with Crippen LogP contribution < -0.4 is 5.32 Å². The lowest BCUT2D eigenvalue weighted by atomic mass is 10.1. The lowest BCUT2D eigenvalue weighted by Crippen LogP contribution is -2.12. The van der Waals surface area contributed by atoms with Crippen LogP contribution >= 0.6 is 15.9 Å². The number of nitro groups is 1. The van der Waals surface area contributed by atoms with Gasteiger partial charge in [-0.3, -0.25) is 14.9 Å². The van der Waals surface area contributed by atoms with Gasteiger partial charge in [0.1, 0.15) is 0 Å². The van der Waals surface area contributed by atoms with Crippen molar-refractivity contribution in [3.63, 3.8) is 0 Å². The van der Waals surface area contributed by atoms with Gasteiger partial charge < -0.3 is 5.32 Å². The molecule has 1 amide bonds. The number of benzene rings is 2. The van der Waals surface area contributed by atoms with Gasteiger partial charge in [-0.05, 0) is 45.8 Å². The van der Waals surface area contributed by atoms with Crippen LogP contribution in [-0.2, 0) is 6.42 Å². The molecule has 0 aliphatic carbocycles. The summed E-state index contributed by atoms with van der Waals surface area (Å²) in [5, 5.41) is 22.1. The molecule has 0 aliphatic heterocycles. The van der Waals surface area contributed by atoms with Crippen molar-refractivity contribution in [1.82, 2.24) is 0 Å². The molecule has 22 heavy (non-hydrogen) atoms. The zero-order valence-electron chi connectivity index (χ0n) is 11.2. The van der Waals surface area contributed by atoms with Crippen LogP contribution in [0.1, 0.15) is 15.9 Å². The number of anilines is 1. The van der Waals surface area contributed by atoms with Crippen LogP contribution in [0.2, 0.25) is 0 Å². The summed E-state index contributed by atoms with van der Waals surface area (Å²) in [6.45, 7) is 0. The summed E-state index contributed by atoms with van der Waals surface area (Å²) >= 11 is 3.07. The van der Waals surface area contributed by atoms with Crippen LogP contribution in [0.5, 0.6) is 0 Å². The summed E-state index contributed by atoms with van der Waals surface area (Å²) in [6.07, 6.45) is 0.299. The number of amides is 1. The largest absolute Gasteiger partial charge is 0.322 e. The van der Waals surface area contributed by atoms with E-state index in [1.807, 2.05) is 6.07 Å². The maximum Gasteiger partial charge on any atom is 0.284 e. The molecule has 110 valence electrons. The molecule has 7 heteroatoms. The van der Waals surface area contributed by atoms with Gasteiger partial charge in [0.25, 0.3) is 11.6 Å². The van der Waals surface area contributed by atoms with E-state index in [2.05, 4.69) is 21.2 Å². The molecule has 0 heterocycles. The fraction of sp³-hybridized carbons (Fsp3) is 0.0667. The maximum atomic E-state index is 12.1. The highest BCUT2D eigenvalue weighted by Crippen LogP contribution is 2.26. The van der Waals surface area contributed by atoms with Gasteiger partial charge in [0, 0.05) is 17.3 Å². The molecular weight excluding hydrogens is 350 g/mol. The van der Waals surface area contributed by atoms with Gasteiger partial charge in [0.15, 0.2) is 0 Å². The minimum Gasteiger partial charge on any atom is -0.322 e. The first-order chi connectivity index (χ1) is 10.5. The molecule has 0 saturated carbocycles. The number of carbonyl (C=O) groups is 1. The predicted molar refractivity (Wildman–Crippen MR) is 84.5 cm³/mol. The summed E-state index contributed by atoms with van der Waals surface area (Å²) in [7, 11) is 0. The van der Waals surface area contributed by atoms with Gasteiger partial charge in [-0.15, -0.1) is 0 Å². The Morgan fingerprint density at radius 2 is 1.95 bits per heavy atom. The number of rotatable bonds is 4. The molecule has 0 unspecified atom stereocenters. The maximum absolute atomic E-state index is 12.1. The third kappa shape index (κ3) is 3.68. The van der Waals surface area contributed by atoms with Crippen LogP contribution in [0.25, 0.3) is 0 Å². The highest BCUT2D eigenvalue weighted by molar-refractivity contribution is 9.10. The van der Waals surface area contributed by atoms with E-state index in [9.17, 15) is 14.9 Å². The van der Waals surface area contributed by atoms with Crippen molar-refractivity contribution in [2.75, 3.05) is 5.32 Å². The number of nitrogens with zero attached hydrogens (tertiary/aromatic N) is 2. The summed E-state index contributed by atoms with van der Waals surface area (Å²) in [5.74, 6) is -0.441. The third-order valence-corrected chi connectivity index (χ3v) is 3.57. The molecule has 0 bridgehead atoms. The van der Waals surface area contributed by atoms with Crippen molar-refractivity contribution >= 4 is 33.2 Å². The van der Waals surface area contributed by atoms with E-state index < -0.39 is 10.8 Å². The van der Waals surface area contributed by atoms with Crippen molar-refractivity contribution < 1.29 is 9.72 Å². The summed E-state index contributed by atoms with van der Waals surface area (Å²) in [4.78, 5) is 22.4. The molecule has 0 aromatic heterocycles.